The summed E-state index contributed by atoms with van der Waals surface area (Å²) in [6, 6.07) is 16.5. The average molecular weight is 472 g/mol. The smallest absolute Gasteiger partial charge is 0.319 e. The van der Waals surface area contributed by atoms with Crippen molar-refractivity contribution in [2.24, 2.45) is 0 Å². The number of aromatic nitrogens is 1. The van der Waals surface area contributed by atoms with E-state index in [-0.39, 0.29) is 24.0 Å². The highest BCUT2D eigenvalue weighted by Crippen LogP contribution is 2.53. The van der Waals surface area contributed by atoms with Crippen LogP contribution in [0.25, 0.3) is 0 Å². The van der Waals surface area contributed by atoms with Crippen molar-refractivity contribution in [3.8, 4) is 11.8 Å². The lowest BCUT2D eigenvalue weighted by Gasteiger charge is -2.41. The Balaban J connectivity index is 1.41. The molecule has 1 saturated carbocycles. The van der Waals surface area contributed by atoms with Gasteiger partial charge in [-0.3, -0.25) is 0 Å². The summed E-state index contributed by atoms with van der Waals surface area (Å²) in [6.45, 7) is 4.16. The van der Waals surface area contributed by atoms with Crippen molar-refractivity contribution in [3.05, 3.63) is 71.9 Å². The van der Waals surface area contributed by atoms with Crippen LogP contribution in [0.1, 0.15) is 61.9 Å². The van der Waals surface area contributed by atoms with Gasteiger partial charge in [-0.1, -0.05) is 18.2 Å². The Hall–Kier alpha value is -3.99. The molecule has 2 heterocycles. The van der Waals surface area contributed by atoms with E-state index in [2.05, 4.69) is 26.6 Å². The normalized spacial score (nSPS) is 19.1. The van der Waals surface area contributed by atoms with E-state index in [1.165, 1.54) is 12.8 Å². The minimum atomic E-state index is -0.293. The molecule has 1 aliphatic heterocycles. The van der Waals surface area contributed by atoms with E-state index in [1.54, 1.807) is 6.26 Å². The van der Waals surface area contributed by atoms with Crippen LogP contribution in [0.4, 0.5) is 16.2 Å². The summed E-state index contributed by atoms with van der Waals surface area (Å²) < 4.78 is 11.0. The van der Waals surface area contributed by atoms with Crippen LogP contribution in [-0.4, -0.2) is 23.1 Å². The standard InChI is InChI=1S/C27H29N5O3/c1-17(2)30-27(33)31-19-8-6-18(7-9-19)26-24(13-28)23-11-10-22(35-15-20-14-34-16-29-20)12-25(23)32(26)21-4-3-5-21/h6-12,14,16-17,21,24,26H,3-5,15H2,1-2H3,(H2,30,31,33). The average Bonchev–Trinajstić information content (AvgIpc) is 3.43. The van der Waals surface area contributed by atoms with Crippen molar-refractivity contribution in [2.75, 3.05) is 10.2 Å². The molecule has 1 aliphatic carbocycles. The molecule has 0 radical (unpaired) electrons. The number of nitriles is 1. The SMILES string of the molecule is CC(C)NC(=O)Nc1ccc(C2C(C#N)c3ccc(OCc4cocn4)cc3N2C2CCC2)cc1. The van der Waals surface area contributed by atoms with Crippen molar-refractivity contribution in [1.82, 2.24) is 10.3 Å². The van der Waals surface area contributed by atoms with Crippen molar-refractivity contribution < 1.29 is 13.9 Å². The zero-order valence-electron chi connectivity index (χ0n) is 19.9. The number of urea groups is 1. The number of carbonyl (C=O) groups excluding carboxylic acids is 1. The van der Waals surface area contributed by atoms with Crippen LogP contribution >= 0.6 is 0 Å². The van der Waals surface area contributed by atoms with Gasteiger partial charge in [-0.25, -0.2) is 9.78 Å². The molecule has 0 bridgehead atoms. The van der Waals surface area contributed by atoms with Gasteiger partial charge in [0, 0.05) is 29.5 Å². The Morgan fingerprint density at radius 2 is 2.06 bits per heavy atom. The van der Waals surface area contributed by atoms with Gasteiger partial charge in [0.15, 0.2) is 6.39 Å². The largest absolute Gasteiger partial charge is 0.487 e. The maximum Gasteiger partial charge on any atom is 0.319 e. The molecule has 2 aliphatic rings. The van der Waals surface area contributed by atoms with Crippen molar-refractivity contribution in [2.45, 2.75) is 63.8 Å². The Morgan fingerprint density at radius 1 is 1.26 bits per heavy atom. The van der Waals surface area contributed by atoms with Gasteiger partial charge in [0.1, 0.15) is 24.3 Å². The van der Waals surface area contributed by atoms with Gasteiger partial charge in [-0.2, -0.15) is 5.26 Å². The van der Waals surface area contributed by atoms with Crippen LogP contribution in [0.5, 0.6) is 5.75 Å². The number of anilines is 2. The second-order valence-corrected chi connectivity index (χ2v) is 9.41. The van der Waals surface area contributed by atoms with Crippen LogP contribution < -0.4 is 20.3 Å². The number of nitrogens with one attached hydrogen (secondary N) is 2. The highest BCUT2D eigenvalue weighted by molar-refractivity contribution is 5.89. The van der Waals surface area contributed by atoms with Crippen LogP contribution in [0, 0.1) is 11.3 Å². The summed E-state index contributed by atoms with van der Waals surface area (Å²) in [6.07, 6.45) is 6.36. The lowest BCUT2D eigenvalue weighted by Crippen LogP contribution is -2.41. The molecule has 5 rings (SSSR count). The van der Waals surface area contributed by atoms with Gasteiger partial charge in [0.2, 0.25) is 0 Å². The van der Waals surface area contributed by atoms with E-state index in [0.717, 1.165) is 46.8 Å². The molecule has 0 saturated heterocycles. The van der Waals surface area contributed by atoms with Gasteiger partial charge in [0.05, 0.1) is 18.0 Å². The summed E-state index contributed by atoms with van der Waals surface area (Å²) in [5.41, 5.74) is 4.58. The molecule has 2 atom stereocenters. The quantitative estimate of drug-likeness (QED) is 0.471. The number of hydrogen-bond acceptors (Lipinski definition) is 6. The molecular formula is C27H29N5O3. The number of oxazole rings is 1. The highest BCUT2D eigenvalue weighted by Gasteiger charge is 2.44. The summed E-state index contributed by atoms with van der Waals surface area (Å²) in [7, 11) is 0. The minimum Gasteiger partial charge on any atom is -0.487 e. The van der Waals surface area contributed by atoms with Crippen LogP contribution in [-0.2, 0) is 6.61 Å². The van der Waals surface area contributed by atoms with Crippen molar-refractivity contribution in [1.29, 1.82) is 5.26 Å². The van der Waals surface area contributed by atoms with E-state index in [0.29, 0.717) is 12.6 Å². The first-order valence-electron chi connectivity index (χ1n) is 12.0. The van der Waals surface area contributed by atoms with Crippen LogP contribution in [0.3, 0.4) is 0 Å². The van der Waals surface area contributed by atoms with E-state index >= 15 is 0 Å². The molecule has 1 fully saturated rings. The number of fused-ring (bicyclic) bond motifs is 1. The molecule has 8 nitrogen and oxygen atoms in total. The van der Waals surface area contributed by atoms with Crippen LogP contribution in [0.2, 0.25) is 0 Å². The monoisotopic (exact) mass is 471 g/mol. The fraction of sp³-hybridized carbons (Fsp3) is 0.370. The predicted molar refractivity (Wildman–Crippen MR) is 132 cm³/mol. The predicted octanol–water partition coefficient (Wildman–Crippen LogP) is 5.50. The number of rotatable bonds is 7. The fourth-order valence-electron chi connectivity index (χ4n) is 4.82. The highest BCUT2D eigenvalue weighted by atomic mass is 16.5. The number of nitrogens with zero attached hydrogens (tertiary/aromatic N) is 3. The van der Waals surface area contributed by atoms with Gasteiger partial charge < -0.3 is 24.7 Å². The number of carbonyl (C=O) groups is 1. The minimum absolute atomic E-state index is 0.0588. The van der Waals surface area contributed by atoms with Gasteiger partial charge in [-0.05, 0) is 62.4 Å². The van der Waals surface area contributed by atoms with Crippen molar-refractivity contribution in [3.63, 3.8) is 0 Å². The molecule has 35 heavy (non-hydrogen) atoms. The number of hydrogen-bond donors (Lipinski definition) is 2. The number of amides is 2. The Kier molecular flexibility index (Phi) is 6.32. The lowest BCUT2D eigenvalue weighted by molar-refractivity contribution is 0.250. The Bertz CT molecular complexity index is 1210. The maximum atomic E-state index is 12.1. The molecule has 2 aromatic carbocycles. The summed E-state index contributed by atoms with van der Waals surface area (Å²) in [5, 5.41) is 15.9. The van der Waals surface area contributed by atoms with E-state index in [1.807, 2.05) is 56.3 Å². The number of ether oxygens (including phenoxy) is 1. The first kappa shape index (κ1) is 22.8. The molecular weight excluding hydrogens is 442 g/mol. The summed E-state index contributed by atoms with van der Waals surface area (Å²) in [4.78, 5) is 18.6. The molecule has 0 spiro atoms. The van der Waals surface area contributed by atoms with E-state index in [9.17, 15) is 10.1 Å². The van der Waals surface area contributed by atoms with Crippen molar-refractivity contribution >= 4 is 17.4 Å². The maximum absolute atomic E-state index is 12.1. The Labute approximate surface area is 204 Å². The molecule has 8 heteroatoms. The molecule has 180 valence electrons. The summed E-state index contributed by atoms with van der Waals surface area (Å²) in [5.74, 6) is 0.447. The second kappa shape index (κ2) is 9.71. The van der Waals surface area contributed by atoms with Crippen LogP contribution in [0.15, 0.2) is 59.5 Å². The Morgan fingerprint density at radius 3 is 2.69 bits per heavy atom. The molecule has 2 N–H and O–H groups in total. The molecule has 2 amide bonds. The zero-order chi connectivity index (χ0) is 24.4. The molecule has 1 aromatic heterocycles. The third-order valence-electron chi connectivity index (χ3n) is 6.64. The first-order chi connectivity index (χ1) is 17.0. The molecule has 3 aromatic rings. The number of benzene rings is 2. The van der Waals surface area contributed by atoms with Gasteiger partial charge in [0.25, 0.3) is 0 Å². The second-order valence-electron chi connectivity index (χ2n) is 9.41. The lowest BCUT2D eigenvalue weighted by atomic mass is 9.87. The van der Waals surface area contributed by atoms with E-state index < -0.39 is 0 Å². The fourth-order valence-corrected chi connectivity index (χ4v) is 4.82. The zero-order valence-corrected chi connectivity index (χ0v) is 19.9. The van der Waals surface area contributed by atoms with E-state index in [4.69, 9.17) is 9.15 Å². The third kappa shape index (κ3) is 4.67. The van der Waals surface area contributed by atoms with Gasteiger partial charge in [-0.15, -0.1) is 0 Å². The first-order valence-corrected chi connectivity index (χ1v) is 12.0. The molecule has 2 unspecified atom stereocenters. The van der Waals surface area contributed by atoms with Gasteiger partial charge >= 0.3 is 6.03 Å². The summed E-state index contributed by atoms with van der Waals surface area (Å²) >= 11 is 0. The third-order valence-corrected chi connectivity index (χ3v) is 6.64. The topological polar surface area (TPSA) is 103 Å².